The largest absolute Gasteiger partial charge is 0.296 e. The molecule has 0 unspecified atom stereocenters. The van der Waals surface area contributed by atoms with Crippen LogP contribution in [0.25, 0.3) is 16.8 Å². The van der Waals surface area contributed by atoms with Crippen LogP contribution in [0.2, 0.25) is 5.02 Å². The molecule has 4 rings (SSSR count). The average Bonchev–Trinajstić information content (AvgIpc) is 3.05. The van der Waals surface area contributed by atoms with Crippen LogP contribution in [-0.2, 0) is 6.42 Å². The van der Waals surface area contributed by atoms with Crippen molar-refractivity contribution in [2.24, 2.45) is 0 Å². The quantitative estimate of drug-likeness (QED) is 0.613. The van der Waals surface area contributed by atoms with Crippen molar-refractivity contribution >= 4 is 17.2 Å². The van der Waals surface area contributed by atoms with Crippen LogP contribution in [0.1, 0.15) is 16.8 Å². The molecule has 3 heterocycles. The van der Waals surface area contributed by atoms with E-state index in [9.17, 15) is 4.79 Å². The van der Waals surface area contributed by atoms with Gasteiger partial charge in [-0.2, -0.15) is 0 Å². The minimum absolute atomic E-state index is 0.0902. The van der Waals surface area contributed by atoms with Gasteiger partial charge in [0.05, 0.1) is 0 Å². The number of fused-ring (bicyclic) bond motifs is 1. The van der Waals surface area contributed by atoms with Crippen molar-refractivity contribution in [2.45, 2.75) is 13.3 Å². The van der Waals surface area contributed by atoms with Gasteiger partial charge < -0.3 is 0 Å². The van der Waals surface area contributed by atoms with Gasteiger partial charge in [-0.3, -0.25) is 14.9 Å². The summed E-state index contributed by atoms with van der Waals surface area (Å²) < 4.78 is 1.49. The number of H-pyrrole nitrogens is 1. The first-order chi connectivity index (χ1) is 12.1. The molecule has 0 saturated carbocycles. The summed E-state index contributed by atoms with van der Waals surface area (Å²) in [5.41, 5.74) is 4.70. The zero-order valence-corrected chi connectivity index (χ0v) is 14.3. The van der Waals surface area contributed by atoms with E-state index in [1.54, 1.807) is 18.6 Å². The second kappa shape index (κ2) is 6.18. The van der Waals surface area contributed by atoms with Crippen molar-refractivity contribution < 1.29 is 0 Å². The Hall–Kier alpha value is -2.92. The van der Waals surface area contributed by atoms with Crippen LogP contribution in [0.4, 0.5) is 0 Å². The molecule has 25 heavy (non-hydrogen) atoms. The molecule has 0 radical (unpaired) electrons. The predicted octanol–water partition coefficient (Wildman–Crippen LogP) is 3.64. The van der Waals surface area contributed by atoms with Crippen LogP contribution >= 0.6 is 11.6 Å². The van der Waals surface area contributed by atoms with E-state index in [-0.39, 0.29) is 5.56 Å². The number of nitrogens with one attached hydrogen (secondary N) is 1. The number of hydrogen-bond donors (Lipinski definition) is 1. The zero-order valence-electron chi connectivity index (χ0n) is 13.5. The van der Waals surface area contributed by atoms with E-state index in [0.29, 0.717) is 22.7 Å². The molecule has 0 bridgehead atoms. The molecule has 0 fully saturated rings. The number of halogens is 1. The number of pyridine rings is 1. The molecular formula is C19H15ClN4O. The summed E-state index contributed by atoms with van der Waals surface area (Å²) in [7, 11) is 0. The van der Waals surface area contributed by atoms with E-state index >= 15 is 0 Å². The Morgan fingerprint density at radius 3 is 2.72 bits per heavy atom. The number of aromatic amines is 1. The summed E-state index contributed by atoms with van der Waals surface area (Å²) in [6.07, 6.45) is 5.77. The highest BCUT2D eigenvalue weighted by atomic mass is 35.5. The van der Waals surface area contributed by atoms with Crippen molar-refractivity contribution in [1.82, 2.24) is 19.6 Å². The Labute approximate surface area is 148 Å². The first-order valence-corrected chi connectivity index (χ1v) is 8.26. The highest BCUT2D eigenvalue weighted by Gasteiger charge is 2.15. The summed E-state index contributed by atoms with van der Waals surface area (Å²) in [5.74, 6) is 0. The third-order valence-corrected chi connectivity index (χ3v) is 4.48. The maximum Gasteiger partial charge on any atom is 0.276 e. The summed E-state index contributed by atoms with van der Waals surface area (Å²) in [6.45, 7) is 1.87. The van der Waals surface area contributed by atoms with Gasteiger partial charge in [-0.05, 0) is 30.7 Å². The fraction of sp³-hybridized carbons (Fsp3) is 0.105. The molecule has 0 atom stereocenters. The third-order valence-electron chi connectivity index (χ3n) is 4.23. The molecule has 124 valence electrons. The zero-order chi connectivity index (χ0) is 17.4. The number of aromatic nitrogens is 4. The van der Waals surface area contributed by atoms with Gasteiger partial charge in [0.2, 0.25) is 0 Å². The molecule has 0 amide bonds. The molecule has 3 aromatic heterocycles. The minimum atomic E-state index is -0.0902. The normalized spacial score (nSPS) is 11.1. The van der Waals surface area contributed by atoms with Crippen LogP contribution in [0.15, 0.2) is 59.8 Å². The van der Waals surface area contributed by atoms with Gasteiger partial charge in [0.25, 0.3) is 5.56 Å². The molecule has 0 spiro atoms. The Balaban J connectivity index is 1.83. The number of rotatable bonds is 3. The SMILES string of the molecule is Cc1nc2c(-c3cccnc3)c[nH]n2c(=O)c1Cc1ccc(Cl)cc1. The average molecular weight is 351 g/mol. The van der Waals surface area contributed by atoms with E-state index in [4.69, 9.17) is 11.6 Å². The molecule has 6 heteroatoms. The fourth-order valence-electron chi connectivity index (χ4n) is 2.90. The van der Waals surface area contributed by atoms with Crippen molar-refractivity contribution in [1.29, 1.82) is 0 Å². The van der Waals surface area contributed by atoms with Gasteiger partial charge in [0.1, 0.15) is 0 Å². The maximum absolute atomic E-state index is 12.9. The van der Waals surface area contributed by atoms with Crippen molar-refractivity contribution in [2.75, 3.05) is 0 Å². The molecule has 4 aromatic rings. The minimum Gasteiger partial charge on any atom is -0.296 e. The smallest absolute Gasteiger partial charge is 0.276 e. The Morgan fingerprint density at radius 1 is 1.20 bits per heavy atom. The van der Waals surface area contributed by atoms with Gasteiger partial charge in [0, 0.05) is 52.4 Å². The van der Waals surface area contributed by atoms with Gasteiger partial charge in [-0.15, -0.1) is 0 Å². The molecule has 0 saturated heterocycles. The lowest BCUT2D eigenvalue weighted by atomic mass is 10.0. The van der Waals surface area contributed by atoms with Gasteiger partial charge in [-0.25, -0.2) is 9.50 Å². The molecule has 0 aliphatic heterocycles. The Bertz CT molecular complexity index is 1100. The Morgan fingerprint density at radius 2 is 2.00 bits per heavy atom. The monoisotopic (exact) mass is 350 g/mol. The van der Waals surface area contributed by atoms with Crippen LogP contribution < -0.4 is 5.56 Å². The highest BCUT2D eigenvalue weighted by Crippen LogP contribution is 2.22. The lowest BCUT2D eigenvalue weighted by Crippen LogP contribution is -2.22. The topological polar surface area (TPSA) is 63.1 Å². The highest BCUT2D eigenvalue weighted by molar-refractivity contribution is 6.30. The van der Waals surface area contributed by atoms with E-state index in [2.05, 4.69) is 15.1 Å². The fourth-order valence-corrected chi connectivity index (χ4v) is 3.03. The second-order valence-electron chi connectivity index (χ2n) is 5.87. The molecular weight excluding hydrogens is 336 g/mol. The molecule has 0 aliphatic carbocycles. The maximum atomic E-state index is 12.9. The third kappa shape index (κ3) is 2.83. The van der Waals surface area contributed by atoms with E-state index in [1.807, 2.05) is 43.3 Å². The summed E-state index contributed by atoms with van der Waals surface area (Å²) in [4.78, 5) is 21.7. The van der Waals surface area contributed by atoms with Crippen LogP contribution in [0.5, 0.6) is 0 Å². The second-order valence-corrected chi connectivity index (χ2v) is 6.31. The van der Waals surface area contributed by atoms with E-state index in [0.717, 1.165) is 22.4 Å². The van der Waals surface area contributed by atoms with Crippen LogP contribution in [0.3, 0.4) is 0 Å². The summed E-state index contributed by atoms with van der Waals surface area (Å²) in [6, 6.07) is 11.3. The van der Waals surface area contributed by atoms with Crippen molar-refractivity contribution in [3.05, 3.63) is 87.2 Å². The summed E-state index contributed by atoms with van der Waals surface area (Å²) in [5, 5.41) is 3.69. The molecule has 5 nitrogen and oxygen atoms in total. The van der Waals surface area contributed by atoms with Crippen LogP contribution in [-0.4, -0.2) is 19.6 Å². The van der Waals surface area contributed by atoms with Crippen molar-refractivity contribution in [3.8, 4) is 11.1 Å². The van der Waals surface area contributed by atoms with E-state index < -0.39 is 0 Å². The lowest BCUT2D eigenvalue weighted by molar-refractivity contribution is 0.860. The number of aryl methyl sites for hydroxylation is 1. The standard InChI is InChI=1S/C19H15ClN4O/c1-12-16(9-13-4-6-15(20)7-5-13)19(25)24-18(23-12)17(11-22-24)14-3-2-8-21-10-14/h2-8,10-11,22H,9H2,1H3. The van der Waals surface area contributed by atoms with Gasteiger partial charge >= 0.3 is 0 Å². The molecule has 1 N–H and O–H groups in total. The first kappa shape index (κ1) is 15.6. The van der Waals surface area contributed by atoms with Gasteiger partial charge in [0.15, 0.2) is 5.65 Å². The molecule has 0 aliphatic rings. The molecule has 1 aromatic carbocycles. The van der Waals surface area contributed by atoms with Gasteiger partial charge in [-0.1, -0.05) is 29.8 Å². The summed E-state index contributed by atoms with van der Waals surface area (Å²) >= 11 is 5.93. The number of nitrogens with zero attached hydrogens (tertiary/aromatic N) is 3. The number of hydrogen-bond acceptors (Lipinski definition) is 3. The predicted molar refractivity (Wildman–Crippen MR) is 98.0 cm³/mol. The van der Waals surface area contributed by atoms with E-state index in [1.165, 1.54) is 4.52 Å². The Kier molecular flexibility index (Phi) is 3.86. The number of benzene rings is 1. The van der Waals surface area contributed by atoms with Crippen LogP contribution in [0, 0.1) is 6.92 Å². The first-order valence-electron chi connectivity index (χ1n) is 7.88. The lowest BCUT2D eigenvalue weighted by Gasteiger charge is -2.07. The van der Waals surface area contributed by atoms with Crippen molar-refractivity contribution in [3.63, 3.8) is 0 Å².